The van der Waals surface area contributed by atoms with Crippen LogP contribution in [-0.4, -0.2) is 18.2 Å². The molecule has 3 rings (SSSR count). The molecular formula is C16H29NO. The van der Waals surface area contributed by atoms with Gasteiger partial charge in [0.1, 0.15) is 0 Å². The van der Waals surface area contributed by atoms with E-state index in [-0.39, 0.29) is 5.60 Å². The Kier molecular flexibility index (Phi) is 3.68. The number of nitrogens with two attached hydrogens (primary N) is 1. The molecule has 2 heteroatoms. The van der Waals surface area contributed by atoms with E-state index >= 15 is 0 Å². The second-order valence-electron chi connectivity index (χ2n) is 7.06. The number of rotatable bonds is 3. The van der Waals surface area contributed by atoms with Crippen LogP contribution in [0.4, 0.5) is 0 Å². The molecule has 0 bridgehead atoms. The first-order valence-electron chi connectivity index (χ1n) is 8.12. The molecule has 2 aliphatic carbocycles. The van der Waals surface area contributed by atoms with E-state index in [0.717, 1.165) is 24.4 Å². The van der Waals surface area contributed by atoms with Crippen LogP contribution in [-0.2, 0) is 4.74 Å². The van der Waals surface area contributed by atoms with Crippen molar-refractivity contribution in [3.05, 3.63) is 0 Å². The largest absolute Gasteiger partial charge is 0.375 e. The number of hydrogen-bond donors (Lipinski definition) is 1. The van der Waals surface area contributed by atoms with E-state index in [9.17, 15) is 0 Å². The summed E-state index contributed by atoms with van der Waals surface area (Å²) in [4.78, 5) is 0. The van der Waals surface area contributed by atoms with Crippen molar-refractivity contribution in [3.63, 3.8) is 0 Å². The van der Waals surface area contributed by atoms with Gasteiger partial charge in [0.2, 0.25) is 0 Å². The fourth-order valence-electron chi connectivity index (χ4n) is 4.53. The Morgan fingerprint density at radius 1 is 1.22 bits per heavy atom. The van der Waals surface area contributed by atoms with Gasteiger partial charge in [0.05, 0.1) is 5.60 Å². The number of hydrogen-bond acceptors (Lipinski definition) is 2. The SMILES string of the molecule is CCC1CCC(C(N)C2CCOC3(CCC3)C2)C1. The molecule has 104 valence electrons. The molecule has 4 unspecified atom stereocenters. The first-order valence-corrected chi connectivity index (χ1v) is 8.12. The Hall–Kier alpha value is -0.0800. The summed E-state index contributed by atoms with van der Waals surface area (Å²) in [5, 5.41) is 0. The van der Waals surface area contributed by atoms with Crippen molar-refractivity contribution >= 4 is 0 Å². The molecule has 2 N–H and O–H groups in total. The number of ether oxygens (including phenoxy) is 1. The van der Waals surface area contributed by atoms with Crippen LogP contribution >= 0.6 is 0 Å². The second kappa shape index (κ2) is 5.13. The van der Waals surface area contributed by atoms with Crippen molar-refractivity contribution < 1.29 is 4.74 Å². The summed E-state index contributed by atoms with van der Waals surface area (Å²) >= 11 is 0. The van der Waals surface area contributed by atoms with Crippen molar-refractivity contribution in [1.82, 2.24) is 0 Å². The first-order chi connectivity index (χ1) is 8.72. The monoisotopic (exact) mass is 251 g/mol. The minimum atomic E-state index is 0.267. The Bertz CT molecular complexity index is 287. The van der Waals surface area contributed by atoms with Crippen LogP contribution in [0.5, 0.6) is 0 Å². The van der Waals surface area contributed by atoms with Gasteiger partial charge in [0, 0.05) is 12.6 Å². The van der Waals surface area contributed by atoms with E-state index in [1.165, 1.54) is 57.8 Å². The molecule has 18 heavy (non-hydrogen) atoms. The molecule has 0 aromatic carbocycles. The predicted molar refractivity (Wildman–Crippen MR) is 74.4 cm³/mol. The molecule has 0 radical (unpaired) electrons. The minimum absolute atomic E-state index is 0.267. The van der Waals surface area contributed by atoms with Gasteiger partial charge in [0.15, 0.2) is 0 Å². The van der Waals surface area contributed by atoms with Gasteiger partial charge in [-0.05, 0) is 62.7 Å². The third kappa shape index (κ3) is 2.34. The van der Waals surface area contributed by atoms with Crippen LogP contribution in [0.25, 0.3) is 0 Å². The van der Waals surface area contributed by atoms with Crippen molar-refractivity contribution in [2.75, 3.05) is 6.61 Å². The minimum Gasteiger partial charge on any atom is -0.375 e. The molecule has 1 spiro atoms. The summed E-state index contributed by atoms with van der Waals surface area (Å²) in [6.45, 7) is 3.29. The van der Waals surface area contributed by atoms with E-state index < -0.39 is 0 Å². The van der Waals surface area contributed by atoms with Crippen LogP contribution < -0.4 is 5.73 Å². The molecule has 0 aromatic rings. The standard InChI is InChI=1S/C16H29NO/c1-2-12-4-5-13(10-12)15(17)14-6-9-18-16(11-14)7-3-8-16/h12-15H,2-11,17H2,1H3. The zero-order valence-corrected chi connectivity index (χ0v) is 11.9. The van der Waals surface area contributed by atoms with Crippen LogP contribution in [0, 0.1) is 17.8 Å². The first kappa shape index (κ1) is 12.9. The van der Waals surface area contributed by atoms with E-state index in [2.05, 4.69) is 6.92 Å². The summed E-state index contributed by atoms with van der Waals surface area (Å²) in [5.41, 5.74) is 6.88. The van der Waals surface area contributed by atoms with E-state index in [4.69, 9.17) is 10.5 Å². The Labute approximate surface area is 112 Å². The summed E-state index contributed by atoms with van der Waals surface area (Å²) in [5.74, 6) is 2.49. The lowest BCUT2D eigenvalue weighted by Crippen LogP contribution is -2.50. The maximum absolute atomic E-state index is 6.61. The van der Waals surface area contributed by atoms with Gasteiger partial charge in [-0.25, -0.2) is 0 Å². The lowest BCUT2D eigenvalue weighted by atomic mass is 9.69. The summed E-state index contributed by atoms with van der Waals surface area (Å²) < 4.78 is 6.03. The van der Waals surface area contributed by atoms with Gasteiger partial charge >= 0.3 is 0 Å². The van der Waals surface area contributed by atoms with Crippen LogP contribution in [0.2, 0.25) is 0 Å². The lowest BCUT2D eigenvalue weighted by Gasteiger charge is -2.49. The van der Waals surface area contributed by atoms with Crippen molar-refractivity contribution in [2.45, 2.75) is 76.4 Å². The van der Waals surface area contributed by atoms with E-state index in [1.54, 1.807) is 0 Å². The Balaban J connectivity index is 1.57. The molecule has 1 aliphatic heterocycles. The third-order valence-corrected chi connectivity index (χ3v) is 6.04. The maximum Gasteiger partial charge on any atom is 0.0685 e. The predicted octanol–water partition coefficient (Wildman–Crippen LogP) is 3.49. The fourth-order valence-corrected chi connectivity index (χ4v) is 4.53. The average molecular weight is 251 g/mol. The van der Waals surface area contributed by atoms with Crippen molar-refractivity contribution in [2.24, 2.45) is 23.5 Å². The van der Waals surface area contributed by atoms with Crippen LogP contribution in [0.1, 0.15) is 64.7 Å². The molecule has 3 fully saturated rings. The molecule has 4 atom stereocenters. The van der Waals surface area contributed by atoms with Gasteiger partial charge in [0.25, 0.3) is 0 Å². The smallest absolute Gasteiger partial charge is 0.0685 e. The van der Waals surface area contributed by atoms with Gasteiger partial charge in [-0.3, -0.25) is 0 Å². The highest BCUT2D eigenvalue weighted by Crippen LogP contribution is 2.47. The van der Waals surface area contributed by atoms with Gasteiger partial charge in [-0.1, -0.05) is 19.8 Å². The molecule has 0 aromatic heterocycles. The van der Waals surface area contributed by atoms with E-state index in [1.807, 2.05) is 0 Å². The topological polar surface area (TPSA) is 35.2 Å². The lowest BCUT2D eigenvalue weighted by molar-refractivity contribution is -0.147. The quantitative estimate of drug-likeness (QED) is 0.833. The molecule has 1 heterocycles. The van der Waals surface area contributed by atoms with Crippen LogP contribution in [0.3, 0.4) is 0 Å². The molecule has 0 amide bonds. The van der Waals surface area contributed by atoms with Gasteiger partial charge in [-0.2, -0.15) is 0 Å². The van der Waals surface area contributed by atoms with Gasteiger partial charge < -0.3 is 10.5 Å². The van der Waals surface area contributed by atoms with Gasteiger partial charge in [-0.15, -0.1) is 0 Å². The highest BCUT2D eigenvalue weighted by molar-refractivity contribution is 4.98. The average Bonchev–Trinajstić information content (AvgIpc) is 2.85. The molecular weight excluding hydrogens is 222 g/mol. The summed E-state index contributed by atoms with van der Waals surface area (Å²) in [6, 6.07) is 0.447. The molecule has 2 saturated carbocycles. The zero-order valence-electron chi connectivity index (χ0n) is 11.9. The van der Waals surface area contributed by atoms with E-state index in [0.29, 0.717) is 6.04 Å². The second-order valence-corrected chi connectivity index (χ2v) is 7.06. The Morgan fingerprint density at radius 2 is 2.06 bits per heavy atom. The fraction of sp³-hybridized carbons (Fsp3) is 1.00. The highest BCUT2D eigenvalue weighted by atomic mass is 16.5. The molecule has 2 nitrogen and oxygen atoms in total. The molecule has 1 saturated heterocycles. The Morgan fingerprint density at radius 3 is 2.67 bits per heavy atom. The summed E-state index contributed by atoms with van der Waals surface area (Å²) in [6.07, 6.45) is 11.9. The third-order valence-electron chi connectivity index (χ3n) is 6.04. The highest BCUT2D eigenvalue weighted by Gasteiger charge is 2.45. The summed E-state index contributed by atoms with van der Waals surface area (Å²) in [7, 11) is 0. The van der Waals surface area contributed by atoms with Crippen molar-refractivity contribution in [3.8, 4) is 0 Å². The van der Waals surface area contributed by atoms with Crippen LogP contribution in [0.15, 0.2) is 0 Å². The maximum atomic E-state index is 6.61. The van der Waals surface area contributed by atoms with Crippen molar-refractivity contribution in [1.29, 1.82) is 0 Å². The zero-order chi connectivity index (χ0) is 12.6. The molecule has 3 aliphatic rings. The normalized spacial score (nSPS) is 40.7.